The number of nitrogens with one attached hydrogen (secondary N) is 1. The maximum Gasteiger partial charge on any atom is 0.293 e. The van der Waals surface area contributed by atoms with Crippen LogP contribution in [0.1, 0.15) is 20.3 Å². The molecule has 0 bridgehead atoms. The Bertz CT molecular complexity index is 805. The number of sulfonamides is 1. The molecule has 0 unspecified atom stereocenters. The number of nitrogens with zero attached hydrogens (tertiary/aromatic N) is 4. The molecule has 0 radical (unpaired) electrons. The third-order valence-electron chi connectivity index (χ3n) is 5.27. The third-order valence-corrected chi connectivity index (χ3v) is 7.16. The Labute approximate surface area is 173 Å². The highest BCUT2D eigenvalue weighted by Gasteiger charge is 2.29. The Kier molecular flexibility index (Phi) is 7.98. The summed E-state index contributed by atoms with van der Waals surface area (Å²) in [7, 11) is 2.15. The molecule has 1 N–H and O–H groups in total. The molecule has 1 saturated heterocycles. The van der Waals surface area contributed by atoms with E-state index in [0.717, 1.165) is 6.42 Å². The zero-order valence-electron chi connectivity index (χ0n) is 18.0. The fourth-order valence-corrected chi connectivity index (χ4v) is 4.84. The average Bonchev–Trinajstić information content (AvgIpc) is 2.64. The molecule has 1 fully saturated rings. The van der Waals surface area contributed by atoms with E-state index in [1.807, 2.05) is 21.1 Å². The van der Waals surface area contributed by atoms with E-state index >= 15 is 0 Å². The second kappa shape index (κ2) is 9.84. The van der Waals surface area contributed by atoms with E-state index in [4.69, 9.17) is 0 Å². The highest BCUT2D eigenvalue weighted by molar-refractivity contribution is 7.89. The second-order valence-corrected chi connectivity index (χ2v) is 10.2. The lowest BCUT2D eigenvalue weighted by molar-refractivity contribution is -0.384. The minimum atomic E-state index is -3.75. The van der Waals surface area contributed by atoms with Gasteiger partial charge in [-0.25, -0.2) is 8.42 Å². The molecular formula is C19H33N5O4S. The molecule has 1 atom stereocenters. The van der Waals surface area contributed by atoms with E-state index in [1.54, 1.807) is 0 Å². The molecule has 1 aliphatic heterocycles. The van der Waals surface area contributed by atoms with Crippen molar-refractivity contribution in [2.75, 3.05) is 59.2 Å². The maximum absolute atomic E-state index is 12.9. The summed E-state index contributed by atoms with van der Waals surface area (Å²) in [4.78, 5) is 15.2. The fraction of sp³-hybridized carbons (Fsp3) is 0.684. The van der Waals surface area contributed by atoms with Crippen molar-refractivity contribution in [2.45, 2.75) is 31.2 Å². The van der Waals surface area contributed by atoms with Gasteiger partial charge in [-0.05, 0) is 45.6 Å². The van der Waals surface area contributed by atoms with Crippen molar-refractivity contribution in [3.63, 3.8) is 0 Å². The van der Waals surface area contributed by atoms with Gasteiger partial charge in [0, 0.05) is 44.8 Å². The normalized spacial score (nSPS) is 17.6. The number of likely N-dealkylation sites (N-methyl/N-ethyl adjacent to an activating group) is 2. The molecule has 0 saturated carbocycles. The van der Waals surface area contributed by atoms with Crippen LogP contribution in [0, 0.1) is 16.0 Å². The molecule has 0 aliphatic carbocycles. The Balaban J connectivity index is 2.23. The Morgan fingerprint density at radius 2 is 1.83 bits per heavy atom. The van der Waals surface area contributed by atoms with Crippen LogP contribution in [0.25, 0.3) is 0 Å². The molecule has 1 aromatic rings. The van der Waals surface area contributed by atoms with E-state index in [-0.39, 0.29) is 16.6 Å². The molecule has 0 aromatic heterocycles. The van der Waals surface area contributed by atoms with Gasteiger partial charge in [-0.15, -0.1) is 0 Å². The monoisotopic (exact) mass is 427 g/mol. The standard InChI is InChI=1S/C19H33N5O4S/c1-15(2)12-16(21(3)4)14-20-18-7-6-17(13-19(18)24(25)26)29(27,28)23-10-8-22(5)9-11-23/h6-7,13,15-16,20H,8-12,14H2,1-5H3/t16-/m0/s1. The zero-order chi connectivity index (χ0) is 21.8. The van der Waals surface area contributed by atoms with E-state index < -0.39 is 14.9 Å². The molecule has 1 heterocycles. The van der Waals surface area contributed by atoms with Gasteiger partial charge in [0.2, 0.25) is 10.0 Å². The largest absolute Gasteiger partial charge is 0.378 e. The fourth-order valence-electron chi connectivity index (χ4n) is 3.40. The highest BCUT2D eigenvalue weighted by atomic mass is 32.2. The van der Waals surface area contributed by atoms with Gasteiger partial charge in [-0.1, -0.05) is 13.8 Å². The summed E-state index contributed by atoms with van der Waals surface area (Å²) in [5, 5.41) is 14.8. The van der Waals surface area contributed by atoms with Crippen LogP contribution >= 0.6 is 0 Å². The first-order valence-corrected chi connectivity index (χ1v) is 11.3. The molecule has 1 aliphatic rings. The first-order valence-electron chi connectivity index (χ1n) is 9.89. The summed E-state index contributed by atoms with van der Waals surface area (Å²) in [5.41, 5.74) is 0.116. The molecule has 0 spiro atoms. The molecule has 2 rings (SSSR count). The second-order valence-electron chi connectivity index (χ2n) is 8.27. The third kappa shape index (κ3) is 6.11. The molecule has 29 heavy (non-hydrogen) atoms. The lowest BCUT2D eigenvalue weighted by Gasteiger charge is -2.31. The van der Waals surface area contributed by atoms with E-state index in [9.17, 15) is 18.5 Å². The topological polar surface area (TPSA) is 99.0 Å². The predicted molar refractivity (Wildman–Crippen MR) is 115 cm³/mol. The minimum absolute atomic E-state index is 0.0364. The van der Waals surface area contributed by atoms with Crippen LogP contribution in [-0.4, -0.2) is 87.4 Å². The molecular weight excluding hydrogens is 394 g/mol. The van der Waals surface area contributed by atoms with Gasteiger partial charge < -0.3 is 15.1 Å². The lowest BCUT2D eigenvalue weighted by Crippen LogP contribution is -2.47. The van der Waals surface area contributed by atoms with Crippen LogP contribution in [0.3, 0.4) is 0 Å². The van der Waals surface area contributed by atoms with Gasteiger partial charge in [0.1, 0.15) is 5.69 Å². The van der Waals surface area contributed by atoms with Crippen LogP contribution in [-0.2, 0) is 10.0 Å². The summed E-state index contributed by atoms with van der Waals surface area (Å²) in [5.74, 6) is 0.496. The smallest absolute Gasteiger partial charge is 0.293 e. The van der Waals surface area contributed by atoms with E-state index in [2.05, 4.69) is 29.0 Å². The van der Waals surface area contributed by atoms with Crippen molar-refractivity contribution < 1.29 is 13.3 Å². The zero-order valence-corrected chi connectivity index (χ0v) is 18.8. The number of nitro groups is 1. The quantitative estimate of drug-likeness (QED) is 0.475. The summed E-state index contributed by atoms with van der Waals surface area (Å²) in [6, 6.07) is 4.34. The number of piperazine rings is 1. The maximum atomic E-state index is 12.9. The SMILES string of the molecule is CC(C)C[C@@H](CNc1ccc(S(=O)(=O)N2CCN(C)CC2)cc1[N+](=O)[O-])N(C)C. The number of anilines is 1. The van der Waals surface area contributed by atoms with Gasteiger partial charge in [0.25, 0.3) is 5.69 Å². The highest BCUT2D eigenvalue weighted by Crippen LogP contribution is 2.29. The summed E-state index contributed by atoms with van der Waals surface area (Å²) in [6.45, 7) is 6.86. The summed E-state index contributed by atoms with van der Waals surface area (Å²) in [6.07, 6.45) is 0.948. The van der Waals surface area contributed by atoms with Crippen molar-refractivity contribution in [2.24, 2.45) is 5.92 Å². The lowest BCUT2D eigenvalue weighted by atomic mass is 10.0. The van der Waals surface area contributed by atoms with Crippen molar-refractivity contribution in [3.05, 3.63) is 28.3 Å². The van der Waals surface area contributed by atoms with Gasteiger partial charge >= 0.3 is 0 Å². The van der Waals surface area contributed by atoms with Gasteiger partial charge in [-0.3, -0.25) is 10.1 Å². The molecule has 10 heteroatoms. The van der Waals surface area contributed by atoms with E-state index in [0.29, 0.717) is 44.3 Å². The van der Waals surface area contributed by atoms with Crippen LogP contribution in [0.4, 0.5) is 11.4 Å². The van der Waals surface area contributed by atoms with Crippen LogP contribution < -0.4 is 5.32 Å². The van der Waals surface area contributed by atoms with Gasteiger partial charge in [0.05, 0.1) is 9.82 Å². The summed E-state index contributed by atoms with van der Waals surface area (Å²) < 4.78 is 27.2. The first kappa shape index (κ1) is 23.5. The van der Waals surface area contributed by atoms with Crippen molar-refractivity contribution in [1.82, 2.24) is 14.1 Å². The number of rotatable bonds is 9. The number of hydrogen-bond acceptors (Lipinski definition) is 7. The van der Waals surface area contributed by atoms with E-state index in [1.165, 1.54) is 22.5 Å². The minimum Gasteiger partial charge on any atom is -0.378 e. The number of nitro benzene ring substituents is 1. The molecule has 1 aromatic carbocycles. The van der Waals surface area contributed by atoms with Crippen LogP contribution in [0.2, 0.25) is 0 Å². The van der Waals surface area contributed by atoms with Crippen LogP contribution in [0.5, 0.6) is 0 Å². The van der Waals surface area contributed by atoms with Crippen molar-refractivity contribution in [1.29, 1.82) is 0 Å². The Hall–Kier alpha value is -1.75. The first-order chi connectivity index (χ1) is 13.5. The van der Waals surface area contributed by atoms with Gasteiger partial charge in [0.15, 0.2) is 0 Å². The van der Waals surface area contributed by atoms with Crippen LogP contribution in [0.15, 0.2) is 23.1 Å². The van der Waals surface area contributed by atoms with Crippen molar-refractivity contribution >= 4 is 21.4 Å². The molecule has 9 nitrogen and oxygen atoms in total. The Morgan fingerprint density at radius 3 is 2.34 bits per heavy atom. The summed E-state index contributed by atoms with van der Waals surface area (Å²) >= 11 is 0. The number of hydrogen-bond donors (Lipinski definition) is 1. The molecule has 164 valence electrons. The average molecular weight is 428 g/mol. The Morgan fingerprint density at radius 1 is 1.21 bits per heavy atom. The van der Waals surface area contributed by atoms with Gasteiger partial charge in [-0.2, -0.15) is 4.31 Å². The van der Waals surface area contributed by atoms with Crippen molar-refractivity contribution in [3.8, 4) is 0 Å². The molecule has 0 amide bonds. The number of benzene rings is 1. The predicted octanol–water partition coefficient (Wildman–Crippen LogP) is 1.92.